The molecule has 0 fully saturated rings. The first-order valence-corrected chi connectivity index (χ1v) is 18.8. The van der Waals surface area contributed by atoms with Gasteiger partial charge in [0.2, 0.25) is 0 Å². The van der Waals surface area contributed by atoms with E-state index in [1.54, 1.807) is 0 Å². The number of nitrogens with zero attached hydrogens (tertiary/aromatic N) is 3. The molecule has 0 amide bonds. The van der Waals surface area contributed by atoms with Crippen molar-refractivity contribution < 1.29 is 9.15 Å². The van der Waals surface area contributed by atoms with Gasteiger partial charge in [-0.05, 0) is 51.8 Å². The van der Waals surface area contributed by atoms with Crippen LogP contribution in [-0.4, -0.2) is 23.0 Å². The fourth-order valence-corrected chi connectivity index (χ4v) is 9.56. The van der Waals surface area contributed by atoms with Crippen LogP contribution in [0.25, 0.3) is 67.2 Å². The highest BCUT2D eigenvalue weighted by Gasteiger charge is 2.36. The molecule has 3 heterocycles. The summed E-state index contributed by atoms with van der Waals surface area (Å²) >= 11 is 0. The maximum absolute atomic E-state index is 6.50. The number of furan rings is 1. The third kappa shape index (κ3) is 4.56. The summed E-state index contributed by atoms with van der Waals surface area (Å²) in [5, 5.41) is 4.77. The van der Waals surface area contributed by atoms with Gasteiger partial charge in [0.05, 0.1) is 0 Å². The summed E-state index contributed by atoms with van der Waals surface area (Å²) < 4.78 is 13.0. The van der Waals surface area contributed by atoms with Crippen LogP contribution in [0.4, 0.5) is 0 Å². The zero-order valence-corrected chi connectivity index (χ0v) is 26.9. The minimum atomic E-state index is -1.89. The molecule has 5 nitrogen and oxygen atoms in total. The van der Waals surface area contributed by atoms with Crippen molar-refractivity contribution in [3.8, 4) is 56.8 Å². The topological polar surface area (TPSA) is 61.0 Å². The summed E-state index contributed by atoms with van der Waals surface area (Å²) in [5.74, 6) is 3.77. The average Bonchev–Trinajstić information content (AvgIpc) is 3.50. The van der Waals surface area contributed by atoms with Crippen molar-refractivity contribution in [1.29, 1.82) is 0 Å². The lowest BCUT2D eigenvalue weighted by Gasteiger charge is -2.33. The summed E-state index contributed by atoms with van der Waals surface area (Å²) in [6.45, 7) is 4.79. The van der Waals surface area contributed by atoms with Crippen molar-refractivity contribution in [1.82, 2.24) is 15.0 Å². The summed E-state index contributed by atoms with van der Waals surface area (Å²) in [6.07, 6.45) is 0. The molecule has 0 saturated heterocycles. The molecule has 8 aromatic rings. The van der Waals surface area contributed by atoms with Crippen LogP contribution < -0.4 is 15.1 Å². The van der Waals surface area contributed by atoms with Gasteiger partial charge in [-0.3, -0.25) is 0 Å². The van der Waals surface area contributed by atoms with E-state index in [1.165, 1.54) is 10.4 Å². The molecule has 0 N–H and O–H groups in total. The van der Waals surface area contributed by atoms with Crippen LogP contribution in [0, 0.1) is 0 Å². The quantitative estimate of drug-likeness (QED) is 0.183. The monoisotopic (exact) mass is 623 g/mol. The van der Waals surface area contributed by atoms with Crippen LogP contribution in [0.1, 0.15) is 0 Å². The van der Waals surface area contributed by atoms with Gasteiger partial charge in [0.25, 0.3) is 0 Å². The second kappa shape index (κ2) is 10.6. The molecule has 9 rings (SSSR count). The number of para-hydroxylation sites is 1. The van der Waals surface area contributed by atoms with E-state index in [9.17, 15) is 0 Å². The number of aromatic nitrogens is 3. The Labute approximate surface area is 273 Å². The average molecular weight is 624 g/mol. The van der Waals surface area contributed by atoms with E-state index in [-0.39, 0.29) is 0 Å². The number of benzene rings is 6. The number of hydrogen-bond donors (Lipinski definition) is 0. The number of ether oxygens (including phenoxy) is 1. The summed E-state index contributed by atoms with van der Waals surface area (Å²) in [5.41, 5.74) is 6.56. The van der Waals surface area contributed by atoms with Gasteiger partial charge in [-0.25, -0.2) is 15.0 Å². The normalized spacial score (nSPS) is 13.2. The van der Waals surface area contributed by atoms with Crippen molar-refractivity contribution in [2.45, 2.75) is 13.1 Å². The Morgan fingerprint density at radius 1 is 0.468 bits per heavy atom. The molecule has 224 valence electrons. The molecule has 0 bridgehead atoms. The molecule has 6 aromatic carbocycles. The van der Waals surface area contributed by atoms with Crippen LogP contribution in [0.3, 0.4) is 0 Å². The van der Waals surface area contributed by atoms with Gasteiger partial charge in [0, 0.05) is 27.5 Å². The lowest BCUT2D eigenvalue weighted by Crippen LogP contribution is -2.55. The van der Waals surface area contributed by atoms with Crippen molar-refractivity contribution >= 4 is 40.4 Å². The summed E-state index contributed by atoms with van der Waals surface area (Å²) in [6, 6.07) is 47.7. The van der Waals surface area contributed by atoms with E-state index < -0.39 is 8.07 Å². The first kappa shape index (κ1) is 27.5. The molecule has 0 atom stereocenters. The first-order chi connectivity index (χ1) is 23.0. The SMILES string of the molecule is C[Si]1(C)c2ccccc2Oc2cc(-c3cccc4oc5cc(-c6nc(-c7ccccc7)nc(-c7ccccc7)n6)ccc5c34)ccc21. The van der Waals surface area contributed by atoms with Crippen LogP contribution in [0.5, 0.6) is 11.5 Å². The fraction of sp³-hybridized carbons (Fsp3) is 0.0488. The highest BCUT2D eigenvalue weighted by molar-refractivity contribution is 7.01. The Kier molecular flexibility index (Phi) is 6.20. The van der Waals surface area contributed by atoms with Crippen molar-refractivity contribution in [3.05, 3.63) is 140 Å². The Bertz CT molecular complexity index is 2410. The molecule has 0 spiro atoms. The Morgan fingerprint density at radius 2 is 1.09 bits per heavy atom. The number of hydrogen-bond acceptors (Lipinski definition) is 5. The fourth-order valence-electron chi connectivity index (χ4n) is 6.77. The molecule has 47 heavy (non-hydrogen) atoms. The lowest BCUT2D eigenvalue weighted by molar-refractivity contribution is 0.487. The molecular weight excluding hydrogens is 595 g/mol. The van der Waals surface area contributed by atoms with Crippen LogP contribution >= 0.6 is 0 Å². The van der Waals surface area contributed by atoms with E-state index in [2.05, 4.69) is 73.8 Å². The van der Waals surface area contributed by atoms with E-state index in [1.807, 2.05) is 78.9 Å². The van der Waals surface area contributed by atoms with Gasteiger partial charge >= 0.3 is 0 Å². The molecular formula is C41H29N3O2Si. The third-order valence-corrected chi connectivity index (χ3v) is 12.7. The predicted molar refractivity (Wildman–Crippen MR) is 192 cm³/mol. The van der Waals surface area contributed by atoms with E-state index >= 15 is 0 Å². The zero-order chi connectivity index (χ0) is 31.5. The standard InChI is InChI=1S/C41H29N3O2Si/c1-47(2)36-19-10-9-17-32(36)45-35-24-28(21-23-37(35)47)30-16-11-18-33-38(30)31-22-20-29(25-34(31)46-33)41-43-39(26-12-5-3-6-13-26)42-40(44-41)27-14-7-4-8-15-27/h3-25H,1-2H3. The molecule has 1 aliphatic heterocycles. The van der Waals surface area contributed by atoms with Gasteiger partial charge < -0.3 is 9.15 Å². The van der Waals surface area contributed by atoms with Gasteiger partial charge in [0.15, 0.2) is 17.5 Å². The maximum Gasteiger partial charge on any atom is 0.164 e. The van der Waals surface area contributed by atoms with Crippen molar-refractivity contribution in [3.63, 3.8) is 0 Å². The second-order valence-corrected chi connectivity index (χ2v) is 16.8. The zero-order valence-electron chi connectivity index (χ0n) is 25.9. The predicted octanol–water partition coefficient (Wildman–Crippen LogP) is 9.37. The van der Waals surface area contributed by atoms with Gasteiger partial charge in [0.1, 0.15) is 30.7 Å². The van der Waals surface area contributed by atoms with Gasteiger partial charge in [-0.1, -0.05) is 122 Å². The highest BCUT2D eigenvalue weighted by Crippen LogP contribution is 2.40. The van der Waals surface area contributed by atoms with E-state index in [4.69, 9.17) is 24.1 Å². The van der Waals surface area contributed by atoms with Crippen molar-refractivity contribution in [2.75, 3.05) is 0 Å². The van der Waals surface area contributed by atoms with Crippen LogP contribution in [-0.2, 0) is 0 Å². The molecule has 0 unspecified atom stereocenters. The minimum absolute atomic E-state index is 0.596. The third-order valence-electron chi connectivity index (χ3n) is 9.20. The highest BCUT2D eigenvalue weighted by atomic mass is 28.3. The first-order valence-electron chi connectivity index (χ1n) is 15.8. The molecule has 0 aliphatic carbocycles. The minimum Gasteiger partial charge on any atom is -0.458 e. The maximum atomic E-state index is 6.50. The Balaban J connectivity index is 1.16. The number of rotatable bonds is 4. The van der Waals surface area contributed by atoms with Gasteiger partial charge in [-0.2, -0.15) is 0 Å². The molecule has 2 aromatic heterocycles. The largest absolute Gasteiger partial charge is 0.458 e. The smallest absolute Gasteiger partial charge is 0.164 e. The number of fused-ring (bicyclic) bond motifs is 5. The van der Waals surface area contributed by atoms with Gasteiger partial charge in [-0.15, -0.1) is 0 Å². The summed E-state index contributed by atoms with van der Waals surface area (Å²) in [4.78, 5) is 14.7. The molecule has 0 radical (unpaired) electrons. The molecule has 6 heteroatoms. The van der Waals surface area contributed by atoms with Crippen LogP contribution in [0.2, 0.25) is 13.1 Å². The molecule has 0 saturated carbocycles. The summed E-state index contributed by atoms with van der Waals surface area (Å²) in [7, 11) is -1.89. The van der Waals surface area contributed by atoms with E-state index in [0.29, 0.717) is 17.5 Å². The van der Waals surface area contributed by atoms with E-state index in [0.717, 1.165) is 61.3 Å². The Hall–Kier alpha value is -5.85. The Morgan fingerprint density at radius 3 is 1.81 bits per heavy atom. The van der Waals surface area contributed by atoms with Crippen molar-refractivity contribution in [2.24, 2.45) is 0 Å². The second-order valence-electron chi connectivity index (χ2n) is 12.5. The van der Waals surface area contributed by atoms with Crippen LogP contribution in [0.15, 0.2) is 144 Å². The lowest BCUT2D eigenvalue weighted by atomic mass is 9.98. The molecule has 1 aliphatic rings.